The predicted molar refractivity (Wildman–Crippen MR) is 97.6 cm³/mol. The molecule has 1 aliphatic heterocycles. The van der Waals surface area contributed by atoms with Crippen LogP contribution in [0.4, 0.5) is 5.82 Å². The van der Waals surface area contributed by atoms with E-state index in [1.165, 1.54) is 12.7 Å². The molecule has 150 valence electrons. The van der Waals surface area contributed by atoms with E-state index in [1.54, 1.807) is 4.57 Å². The van der Waals surface area contributed by atoms with E-state index < -0.39 is 32.0 Å². The second kappa shape index (κ2) is 7.99. The van der Waals surface area contributed by atoms with Gasteiger partial charge < -0.3 is 46.1 Å². The smallest absolute Gasteiger partial charge is 0.199 e. The molecule has 2 unspecified atom stereocenters. The Hall–Kier alpha value is -0.660. The quantitative estimate of drug-likeness (QED) is 0.422. The molecular weight excluding hydrogens is 440 g/mol. The first-order chi connectivity index (χ1) is 12.6. The van der Waals surface area contributed by atoms with Crippen molar-refractivity contribution in [2.45, 2.75) is 24.9 Å². The standard InChI is InChI=1S/C11H17N5O7P2S2/c1-20-25(19,27)23-6-2-8(22-7(6)3-21-24(17,18)26)16-5-15-9-10(12)13-4-14-11(9)16/h4-8H,2-3H2,1H3,(H,19,27)(H2,12,13,14)(H2,17,18,26)/p-2/t6-,7-,8-,25?/m1/s1. The maximum Gasteiger partial charge on any atom is 0.199 e. The molecule has 1 aliphatic rings. The van der Waals surface area contributed by atoms with Gasteiger partial charge in [0.2, 0.25) is 0 Å². The van der Waals surface area contributed by atoms with Crippen LogP contribution in [0, 0.1) is 0 Å². The highest BCUT2D eigenvalue weighted by atomic mass is 32.7. The first kappa shape index (κ1) is 21.1. The maximum atomic E-state index is 12.0. The van der Waals surface area contributed by atoms with Crippen molar-refractivity contribution in [2.75, 3.05) is 19.5 Å². The van der Waals surface area contributed by atoms with E-state index in [9.17, 15) is 14.4 Å². The fourth-order valence-corrected chi connectivity index (χ4v) is 4.08. The molecular formula is C11H15N5O7P2S2-2. The molecule has 0 aliphatic carbocycles. The summed E-state index contributed by atoms with van der Waals surface area (Å²) in [4.78, 5) is 32.6. The first-order valence-electron chi connectivity index (χ1n) is 7.41. The lowest BCUT2D eigenvalue weighted by Crippen LogP contribution is -2.28. The number of fused-ring (bicyclic) bond motifs is 1. The summed E-state index contributed by atoms with van der Waals surface area (Å²) in [6.45, 7) is -8.30. The Balaban J connectivity index is 1.85. The molecule has 0 amide bonds. The lowest BCUT2D eigenvalue weighted by molar-refractivity contribution is -0.204. The number of nitrogens with zero attached hydrogens (tertiary/aromatic N) is 4. The number of rotatable bonds is 7. The van der Waals surface area contributed by atoms with Gasteiger partial charge in [0.15, 0.2) is 18.3 Å². The lowest BCUT2D eigenvalue weighted by Gasteiger charge is -2.29. The van der Waals surface area contributed by atoms with Crippen molar-refractivity contribution >= 4 is 54.6 Å². The predicted octanol–water partition coefficient (Wildman–Crippen LogP) is -0.0237. The van der Waals surface area contributed by atoms with E-state index in [4.69, 9.17) is 31.8 Å². The molecule has 1 saturated heterocycles. The zero-order valence-electron chi connectivity index (χ0n) is 13.8. The Labute approximate surface area is 164 Å². The first-order valence-corrected chi connectivity index (χ1v) is 12.6. The van der Waals surface area contributed by atoms with Crippen molar-refractivity contribution in [1.82, 2.24) is 19.5 Å². The van der Waals surface area contributed by atoms with Gasteiger partial charge in [-0.25, -0.2) is 15.0 Å². The van der Waals surface area contributed by atoms with Gasteiger partial charge in [-0.05, 0) is 0 Å². The number of anilines is 1. The largest absolute Gasteiger partial charge is 0.780 e. The highest BCUT2D eigenvalue weighted by molar-refractivity contribution is 8.32. The molecule has 27 heavy (non-hydrogen) atoms. The molecule has 0 aromatic carbocycles. The molecule has 0 radical (unpaired) electrons. The zero-order valence-corrected chi connectivity index (χ0v) is 17.2. The Kier molecular flexibility index (Phi) is 6.23. The van der Waals surface area contributed by atoms with Crippen LogP contribution in [0.1, 0.15) is 12.6 Å². The van der Waals surface area contributed by atoms with Crippen LogP contribution in [-0.4, -0.2) is 50.3 Å². The Bertz CT molecular complexity index is 924. The molecule has 5 atom stereocenters. The summed E-state index contributed by atoms with van der Waals surface area (Å²) in [5.74, 6) is 0.200. The molecule has 3 heterocycles. The van der Waals surface area contributed by atoms with Gasteiger partial charge in [-0.3, -0.25) is 9.13 Å². The highest BCUT2D eigenvalue weighted by Crippen LogP contribution is 2.49. The molecule has 0 saturated carbocycles. The van der Waals surface area contributed by atoms with Crippen LogP contribution < -0.4 is 10.6 Å². The van der Waals surface area contributed by atoms with Crippen molar-refractivity contribution in [3.8, 4) is 0 Å². The van der Waals surface area contributed by atoms with Crippen molar-refractivity contribution in [2.24, 2.45) is 0 Å². The summed E-state index contributed by atoms with van der Waals surface area (Å²) in [5, 5.41) is 0. The van der Waals surface area contributed by atoms with E-state index in [0.29, 0.717) is 11.2 Å². The summed E-state index contributed by atoms with van der Waals surface area (Å²) < 4.78 is 34.2. The number of hydrogen-bond donors (Lipinski definition) is 2. The van der Waals surface area contributed by atoms with E-state index in [1.807, 2.05) is 0 Å². The lowest BCUT2D eigenvalue weighted by atomic mass is 10.2. The van der Waals surface area contributed by atoms with Gasteiger partial charge >= 0.3 is 0 Å². The number of aromatic nitrogens is 4. The topological polar surface area (TPSA) is 167 Å². The van der Waals surface area contributed by atoms with Gasteiger partial charge in [0, 0.05) is 13.5 Å². The minimum Gasteiger partial charge on any atom is -0.780 e. The summed E-state index contributed by atoms with van der Waals surface area (Å²) >= 11 is 9.08. The van der Waals surface area contributed by atoms with Crippen molar-refractivity contribution in [3.05, 3.63) is 12.7 Å². The van der Waals surface area contributed by atoms with E-state index >= 15 is 0 Å². The molecule has 2 aromatic rings. The van der Waals surface area contributed by atoms with Gasteiger partial charge in [0.1, 0.15) is 30.9 Å². The van der Waals surface area contributed by atoms with Crippen molar-refractivity contribution in [1.29, 1.82) is 0 Å². The number of hydrogen-bond acceptors (Lipinski definition) is 12. The van der Waals surface area contributed by atoms with Gasteiger partial charge in [-0.15, -0.1) is 0 Å². The molecule has 0 spiro atoms. The van der Waals surface area contributed by atoms with Crippen LogP contribution in [0.5, 0.6) is 0 Å². The van der Waals surface area contributed by atoms with Gasteiger partial charge in [-0.1, -0.05) is 11.8 Å². The van der Waals surface area contributed by atoms with Crippen LogP contribution in [0.3, 0.4) is 0 Å². The molecule has 2 aromatic heterocycles. The van der Waals surface area contributed by atoms with Crippen LogP contribution in [-0.2, 0) is 46.9 Å². The number of nitrogens with two attached hydrogens (primary N) is 1. The minimum absolute atomic E-state index is 0.167. The van der Waals surface area contributed by atoms with Crippen molar-refractivity contribution in [3.63, 3.8) is 0 Å². The number of nitrogen functional groups attached to an aromatic ring is 1. The third-order valence-electron chi connectivity index (χ3n) is 3.77. The van der Waals surface area contributed by atoms with Gasteiger partial charge in [-0.2, -0.15) is 0 Å². The molecule has 3 rings (SSSR count). The monoisotopic (exact) mass is 455 g/mol. The average Bonchev–Trinajstić information content (AvgIpc) is 3.16. The van der Waals surface area contributed by atoms with Crippen LogP contribution >= 0.6 is 13.5 Å². The summed E-state index contributed by atoms with van der Waals surface area (Å²) in [7, 11) is 1.15. The number of imidazole rings is 1. The highest BCUT2D eigenvalue weighted by Gasteiger charge is 2.40. The van der Waals surface area contributed by atoms with Crippen LogP contribution in [0.15, 0.2) is 12.7 Å². The average molecular weight is 455 g/mol. The van der Waals surface area contributed by atoms with Gasteiger partial charge in [0.05, 0.1) is 19.0 Å². The van der Waals surface area contributed by atoms with Crippen LogP contribution in [0.25, 0.3) is 11.2 Å². The Morgan fingerprint density at radius 1 is 1.56 bits per heavy atom. The molecule has 12 nitrogen and oxygen atoms in total. The minimum atomic E-state index is -4.16. The summed E-state index contributed by atoms with van der Waals surface area (Å²) in [6.07, 6.45) is 0.492. The summed E-state index contributed by atoms with van der Waals surface area (Å²) in [5.41, 5.74) is 6.57. The SMILES string of the molecule is COP(=O)([S-])O[C@@H]1C[C@H](n2cnc3c(N)ncnc32)O[C@@H]1COP([O-])(O)=S. The number of ether oxygens (including phenoxy) is 1. The zero-order chi connectivity index (χ0) is 19.8. The second-order valence-corrected chi connectivity index (χ2v) is 10.9. The fraction of sp³-hybridized carbons (Fsp3) is 0.545. The van der Waals surface area contributed by atoms with Gasteiger partial charge in [0.25, 0.3) is 0 Å². The Morgan fingerprint density at radius 2 is 2.30 bits per heavy atom. The molecule has 16 heteroatoms. The van der Waals surface area contributed by atoms with E-state index in [2.05, 4.69) is 31.3 Å². The van der Waals surface area contributed by atoms with E-state index in [-0.39, 0.29) is 18.8 Å². The molecule has 1 fully saturated rings. The third kappa shape index (κ3) is 5.04. The molecule has 3 N–H and O–H groups in total. The molecule has 0 bridgehead atoms. The summed E-state index contributed by atoms with van der Waals surface area (Å²) in [6, 6.07) is 0. The third-order valence-corrected chi connectivity index (χ3v) is 6.24. The second-order valence-electron chi connectivity index (χ2n) is 5.49. The Morgan fingerprint density at radius 3 is 2.96 bits per heavy atom. The fourth-order valence-electron chi connectivity index (χ4n) is 2.59. The van der Waals surface area contributed by atoms with Crippen molar-refractivity contribution < 1.29 is 32.7 Å². The normalized spacial score (nSPS) is 27.5. The van der Waals surface area contributed by atoms with Crippen LogP contribution in [0.2, 0.25) is 0 Å². The maximum absolute atomic E-state index is 12.0. The van der Waals surface area contributed by atoms with E-state index in [0.717, 1.165) is 7.11 Å².